The first-order valence-corrected chi connectivity index (χ1v) is 8.53. The Balaban J connectivity index is 1.85. The first-order valence-electron chi connectivity index (χ1n) is 8.53. The van der Waals surface area contributed by atoms with E-state index in [-0.39, 0.29) is 11.9 Å². The predicted octanol–water partition coefficient (Wildman–Crippen LogP) is 6.20. The molecule has 144 valence electrons. The zero-order valence-electron chi connectivity index (χ0n) is 14.9. The third-order valence-corrected chi connectivity index (χ3v) is 4.13. The highest BCUT2D eigenvalue weighted by Crippen LogP contribution is 2.31. The number of rotatable bonds is 6. The van der Waals surface area contributed by atoms with E-state index in [9.17, 15) is 18.0 Å². The van der Waals surface area contributed by atoms with Crippen molar-refractivity contribution in [3.63, 3.8) is 0 Å². The van der Waals surface area contributed by atoms with E-state index in [4.69, 9.17) is 4.74 Å². The van der Waals surface area contributed by atoms with E-state index in [0.29, 0.717) is 28.7 Å². The SMILES string of the molecule is CC(Oc1cc(-c2ccc(OC(F)(F)F)cc2)ccc1C=O)c1ccccc1. The van der Waals surface area contributed by atoms with Gasteiger partial charge in [0.2, 0.25) is 0 Å². The van der Waals surface area contributed by atoms with Crippen LogP contribution in [0.25, 0.3) is 11.1 Å². The van der Waals surface area contributed by atoms with Crippen molar-refractivity contribution in [2.75, 3.05) is 0 Å². The van der Waals surface area contributed by atoms with E-state index >= 15 is 0 Å². The van der Waals surface area contributed by atoms with Crippen molar-refractivity contribution in [3.05, 3.63) is 83.9 Å². The van der Waals surface area contributed by atoms with Gasteiger partial charge >= 0.3 is 6.36 Å². The summed E-state index contributed by atoms with van der Waals surface area (Å²) in [5, 5.41) is 0. The Morgan fingerprint density at radius 2 is 1.54 bits per heavy atom. The Kier molecular flexibility index (Phi) is 5.68. The normalized spacial score (nSPS) is 12.3. The molecule has 0 saturated heterocycles. The Morgan fingerprint density at radius 1 is 0.893 bits per heavy atom. The van der Waals surface area contributed by atoms with Crippen LogP contribution >= 0.6 is 0 Å². The van der Waals surface area contributed by atoms with Crippen LogP contribution in [-0.2, 0) is 0 Å². The Labute approximate surface area is 160 Å². The van der Waals surface area contributed by atoms with Gasteiger partial charge in [-0.15, -0.1) is 13.2 Å². The molecule has 3 aromatic carbocycles. The molecule has 0 fully saturated rings. The van der Waals surface area contributed by atoms with Crippen LogP contribution in [0.15, 0.2) is 72.8 Å². The van der Waals surface area contributed by atoms with E-state index < -0.39 is 6.36 Å². The fourth-order valence-corrected chi connectivity index (χ4v) is 2.74. The summed E-state index contributed by atoms with van der Waals surface area (Å²) in [5.74, 6) is 0.106. The highest BCUT2D eigenvalue weighted by atomic mass is 19.4. The van der Waals surface area contributed by atoms with Crippen LogP contribution in [0.1, 0.15) is 28.9 Å². The molecule has 0 N–H and O–H groups in total. The van der Waals surface area contributed by atoms with Gasteiger partial charge in [0.1, 0.15) is 17.6 Å². The Morgan fingerprint density at radius 3 is 2.14 bits per heavy atom. The molecule has 3 nitrogen and oxygen atoms in total. The molecule has 0 spiro atoms. The maximum atomic E-state index is 12.3. The van der Waals surface area contributed by atoms with Gasteiger partial charge in [-0.05, 0) is 47.9 Å². The van der Waals surface area contributed by atoms with Crippen molar-refractivity contribution in [2.24, 2.45) is 0 Å². The van der Waals surface area contributed by atoms with E-state index in [2.05, 4.69) is 4.74 Å². The van der Waals surface area contributed by atoms with Crippen molar-refractivity contribution in [2.45, 2.75) is 19.4 Å². The van der Waals surface area contributed by atoms with Gasteiger partial charge in [0.05, 0.1) is 5.56 Å². The van der Waals surface area contributed by atoms with Gasteiger partial charge in [-0.25, -0.2) is 0 Å². The second-order valence-corrected chi connectivity index (χ2v) is 6.11. The minimum atomic E-state index is -4.73. The number of carbonyl (C=O) groups excluding carboxylic acids is 1. The van der Waals surface area contributed by atoms with Gasteiger partial charge in [0.15, 0.2) is 6.29 Å². The smallest absolute Gasteiger partial charge is 0.485 e. The third kappa shape index (κ3) is 4.91. The number of halogens is 3. The zero-order valence-corrected chi connectivity index (χ0v) is 14.9. The number of aldehydes is 1. The molecule has 0 aliphatic heterocycles. The summed E-state index contributed by atoms with van der Waals surface area (Å²) in [6.07, 6.45) is -4.31. The summed E-state index contributed by atoms with van der Waals surface area (Å²) in [6.45, 7) is 1.87. The standard InChI is InChI=1S/C22H17F3O3/c1-15(16-5-3-2-4-6-16)27-21-13-18(7-8-19(21)14-26)17-9-11-20(12-10-17)28-22(23,24)25/h2-15H,1H3. The summed E-state index contributed by atoms with van der Waals surface area (Å²) in [4.78, 5) is 11.4. The zero-order chi connectivity index (χ0) is 20.1. The summed E-state index contributed by atoms with van der Waals surface area (Å²) < 4.78 is 46.7. The van der Waals surface area contributed by atoms with Crippen LogP contribution < -0.4 is 9.47 Å². The van der Waals surface area contributed by atoms with Gasteiger partial charge in [0.25, 0.3) is 0 Å². The number of benzene rings is 3. The van der Waals surface area contributed by atoms with Crippen LogP contribution in [0, 0.1) is 0 Å². The largest absolute Gasteiger partial charge is 0.573 e. The van der Waals surface area contributed by atoms with Crippen LogP contribution in [0.3, 0.4) is 0 Å². The van der Waals surface area contributed by atoms with Gasteiger partial charge in [-0.3, -0.25) is 4.79 Å². The molecule has 6 heteroatoms. The predicted molar refractivity (Wildman–Crippen MR) is 99.4 cm³/mol. The number of carbonyl (C=O) groups is 1. The van der Waals surface area contributed by atoms with Crippen molar-refractivity contribution in [1.82, 2.24) is 0 Å². The Hall–Kier alpha value is -3.28. The highest BCUT2D eigenvalue weighted by molar-refractivity contribution is 5.82. The van der Waals surface area contributed by atoms with Crippen LogP contribution in [0.4, 0.5) is 13.2 Å². The molecule has 0 aromatic heterocycles. The molecule has 3 aromatic rings. The average molecular weight is 386 g/mol. The minimum Gasteiger partial charge on any atom is -0.485 e. The number of hydrogen-bond donors (Lipinski definition) is 0. The molecule has 1 unspecified atom stereocenters. The van der Waals surface area contributed by atoms with E-state index in [1.165, 1.54) is 24.3 Å². The lowest BCUT2D eigenvalue weighted by molar-refractivity contribution is -0.274. The quantitative estimate of drug-likeness (QED) is 0.473. The third-order valence-electron chi connectivity index (χ3n) is 4.13. The van der Waals surface area contributed by atoms with Crippen LogP contribution in [0.2, 0.25) is 0 Å². The molecule has 0 heterocycles. The molecular formula is C22H17F3O3. The van der Waals surface area contributed by atoms with Gasteiger partial charge in [-0.2, -0.15) is 0 Å². The lowest BCUT2D eigenvalue weighted by atomic mass is 10.0. The number of hydrogen-bond acceptors (Lipinski definition) is 3. The van der Waals surface area contributed by atoms with E-state index in [0.717, 1.165) is 5.56 Å². The molecule has 0 amide bonds. The Bertz CT molecular complexity index is 935. The van der Waals surface area contributed by atoms with Crippen LogP contribution in [0.5, 0.6) is 11.5 Å². The fourth-order valence-electron chi connectivity index (χ4n) is 2.74. The first kappa shape index (κ1) is 19.5. The minimum absolute atomic E-state index is 0.280. The topological polar surface area (TPSA) is 35.5 Å². The lowest BCUT2D eigenvalue weighted by Gasteiger charge is -2.17. The molecule has 1 atom stereocenters. The van der Waals surface area contributed by atoms with Crippen molar-refractivity contribution >= 4 is 6.29 Å². The number of alkyl halides is 3. The molecule has 0 radical (unpaired) electrons. The lowest BCUT2D eigenvalue weighted by Crippen LogP contribution is -2.16. The van der Waals surface area contributed by atoms with E-state index in [1.54, 1.807) is 18.2 Å². The monoisotopic (exact) mass is 386 g/mol. The molecular weight excluding hydrogens is 369 g/mol. The van der Waals surface area contributed by atoms with Crippen molar-refractivity contribution in [3.8, 4) is 22.6 Å². The molecule has 3 rings (SSSR count). The summed E-state index contributed by atoms with van der Waals surface area (Å²) in [5.41, 5.74) is 2.73. The second-order valence-electron chi connectivity index (χ2n) is 6.11. The maximum absolute atomic E-state index is 12.3. The second kappa shape index (κ2) is 8.17. The fraction of sp³-hybridized carbons (Fsp3) is 0.136. The van der Waals surface area contributed by atoms with Crippen molar-refractivity contribution < 1.29 is 27.4 Å². The summed E-state index contributed by atoms with van der Waals surface area (Å²) in [7, 11) is 0. The van der Waals surface area contributed by atoms with E-state index in [1.807, 2.05) is 37.3 Å². The maximum Gasteiger partial charge on any atom is 0.573 e. The summed E-state index contributed by atoms with van der Waals surface area (Å²) in [6, 6.07) is 20.1. The van der Waals surface area contributed by atoms with Gasteiger partial charge < -0.3 is 9.47 Å². The van der Waals surface area contributed by atoms with Gasteiger partial charge in [-0.1, -0.05) is 48.5 Å². The first-order chi connectivity index (χ1) is 13.4. The molecule has 0 aliphatic carbocycles. The molecule has 28 heavy (non-hydrogen) atoms. The number of ether oxygens (including phenoxy) is 2. The van der Waals surface area contributed by atoms with Crippen molar-refractivity contribution in [1.29, 1.82) is 0 Å². The molecule has 0 bridgehead atoms. The highest BCUT2D eigenvalue weighted by Gasteiger charge is 2.30. The molecule has 0 saturated carbocycles. The molecule has 0 aliphatic rings. The average Bonchev–Trinajstić information content (AvgIpc) is 2.68. The van der Waals surface area contributed by atoms with Gasteiger partial charge in [0, 0.05) is 0 Å². The van der Waals surface area contributed by atoms with Crippen LogP contribution in [-0.4, -0.2) is 12.6 Å². The summed E-state index contributed by atoms with van der Waals surface area (Å²) >= 11 is 0.